The Labute approximate surface area is 131 Å². The minimum Gasteiger partial charge on any atom is -0.444 e. The zero-order valence-corrected chi connectivity index (χ0v) is 13.8. The van der Waals surface area contributed by atoms with E-state index in [0.29, 0.717) is 12.0 Å². The summed E-state index contributed by atoms with van der Waals surface area (Å²) in [6.07, 6.45) is -2.81. The molecule has 0 saturated heterocycles. The van der Waals surface area contributed by atoms with Gasteiger partial charge in [0, 0.05) is 11.0 Å². The zero-order valence-electron chi connectivity index (χ0n) is 12.2. The van der Waals surface area contributed by atoms with Crippen molar-refractivity contribution in [3.8, 4) is 0 Å². The number of ether oxygens (including phenoxy) is 1. The van der Waals surface area contributed by atoms with Gasteiger partial charge in [0.25, 0.3) is 6.43 Å². The molecule has 0 radical (unpaired) electrons. The fraction of sp³-hybridized carbons (Fsp3) is 0.533. The Morgan fingerprint density at radius 3 is 2.67 bits per heavy atom. The van der Waals surface area contributed by atoms with Gasteiger partial charge in [-0.2, -0.15) is 0 Å². The molecular weight excluding hydrogens is 344 g/mol. The summed E-state index contributed by atoms with van der Waals surface area (Å²) in [6, 6.07) is 3.94. The molecule has 116 valence electrons. The molecule has 2 rings (SSSR count). The number of rotatable bonds is 1. The Balaban J connectivity index is 2.32. The summed E-state index contributed by atoms with van der Waals surface area (Å²) < 4.78 is 33.1. The second-order valence-corrected chi connectivity index (χ2v) is 6.96. The summed E-state index contributed by atoms with van der Waals surface area (Å²) >= 11 is 3.34. The molecule has 0 fully saturated rings. The third-order valence-electron chi connectivity index (χ3n) is 3.25. The minimum atomic E-state index is -2.65. The van der Waals surface area contributed by atoms with Gasteiger partial charge in [-0.25, -0.2) is 13.6 Å². The topological polar surface area (TPSA) is 29.5 Å². The molecule has 1 aromatic carbocycles. The van der Waals surface area contributed by atoms with Crippen molar-refractivity contribution in [3.63, 3.8) is 0 Å². The molecule has 1 heterocycles. The van der Waals surface area contributed by atoms with E-state index in [-0.39, 0.29) is 6.54 Å². The van der Waals surface area contributed by atoms with Crippen molar-refractivity contribution >= 4 is 22.0 Å². The number of halogens is 3. The van der Waals surface area contributed by atoms with E-state index in [2.05, 4.69) is 15.9 Å². The van der Waals surface area contributed by atoms with Crippen molar-refractivity contribution in [2.75, 3.05) is 6.54 Å². The fourth-order valence-corrected chi connectivity index (χ4v) is 2.83. The van der Waals surface area contributed by atoms with Gasteiger partial charge in [0.2, 0.25) is 0 Å². The van der Waals surface area contributed by atoms with Crippen LogP contribution >= 0.6 is 15.9 Å². The van der Waals surface area contributed by atoms with Gasteiger partial charge in [-0.1, -0.05) is 22.0 Å². The smallest absolute Gasteiger partial charge is 0.411 e. The average molecular weight is 362 g/mol. The molecule has 6 heteroatoms. The number of hydrogen-bond donors (Lipinski definition) is 0. The van der Waals surface area contributed by atoms with E-state index in [1.54, 1.807) is 32.9 Å². The maximum absolute atomic E-state index is 13.5. The molecule has 1 aromatic rings. The van der Waals surface area contributed by atoms with Crippen LogP contribution in [0.4, 0.5) is 13.6 Å². The van der Waals surface area contributed by atoms with Crippen LogP contribution in [0.3, 0.4) is 0 Å². The van der Waals surface area contributed by atoms with Crippen LogP contribution in [0.25, 0.3) is 0 Å². The largest absolute Gasteiger partial charge is 0.444 e. The molecule has 1 atom stereocenters. The first-order valence-electron chi connectivity index (χ1n) is 6.75. The number of benzene rings is 1. The molecule has 0 saturated carbocycles. The fourth-order valence-electron chi connectivity index (χ4n) is 2.42. The maximum Gasteiger partial charge on any atom is 0.411 e. The molecule has 1 aliphatic heterocycles. The molecule has 0 bridgehead atoms. The van der Waals surface area contributed by atoms with Crippen molar-refractivity contribution in [3.05, 3.63) is 33.8 Å². The highest BCUT2D eigenvalue weighted by Crippen LogP contribution is 2.36. The number of carbonyl (C=O) groups is 1. The number of hydrogen-bond acceptors (Lipinski definition) is 2. The van der Waals surface area contributed by atoms with Crippen LogP contribution < -0.4 is 0 Å². The first kappa shape index (κ1) is 16.2. The van der Waals surface area contributed by atoms with Crippen molar-refractivity contribution in [2.24, 2.45) is 0 Å². The van der Waals surface area contributed by atoms with Gasteiger partial charge in [-0.3, -0.25) is 4.90 Å². The molecular formula is C15H18BrF2NO2. The van der Waals surface area contributed by atoms with Gasteiger partial charge < -0.3 is 4.74 Å². The van der Waals surface area contributed by atoms with Crippen LogP contribution in [0.15, 0.2) is 22.7 Å². The molecule has 21 heavy (non-hydrogen) atoms. The first-order valence-corrected chi connectivity index (χ1v) is 7.54. The summed E-state index contributed by atoms with van der Waals surface area (Å²) in [6.45, 7) is 5.39. The van der Waals surface area contributed by atoms with Crippen LogP contribution in [0.5, 0.6) is 0 Å². The summed E-state index contributed by atoms with van der Waals surface area (Å²) in [5.41, 5.74) is 0.629. The molecule has 0 aliphatic carbocycles. The van der Waals surface area contributed by atoms with Gasteiger partial charge in [0.05, 0.1) is 0 Å². The lowest BCUT2D eigenvalue weighted by Gasteiger charge is -2.37. The zero-order chi connectivity index (χ0) is 15.8. The van der Waals surface area contributed by atoms with Gasteiger partial charge in [-0.05, 0) is 50.5 Å². The van der Waals surface area contributed by atoms with Crippen LogP contribution in [0, 0.1) is 0 Å². The molecule has 1 aliphatic rings. The Kier molecular flexibility index (Phi) is 4.56. The minimum absolute atomic E-state index is 0.230. The maximum atomic E-state index is 13.5. The first-order chi connectivity index (χ1) is 9.69. The lowest BCUT2D eigenvalue weighted by atomic mass is 9.93. The van der Waals surface area contributed by atoms with E-state index in [1.807, 2.05) is 6.07 Å². The molecule has 3 nitrogen and oxygen atoms in total. The highest BCUT2D eigenvalue weighted by molar-refractivity contribution is 9.10. The monoisotopic (exact) mass is 361 g/mol. The van der Waals surface area contributed by atoms with E-state index in [4.69, 9.17) is 4.74 Å². The van der Waals surface area contributed by atoms with Crippen LogP contribution in [0.2, 0.25) is 0 Å². The number of carbonyl (C=O) groups excluding carboxylic acids is 1. The Morgan fingerprint density at radius 2 is 2.10 bits per heavy atom. The van der Waals surface area contributed by atoms with Crippen molar-refractivity contribution in [1.82, 2.24) is 4.90 Å². The van der Waals surface area contributed by atoms with E-state index < -0.39 is 24.2 Å². The Bertz CT molecular complexity index is 543. The summed E-state index contributed by atoms with van der Waals surface area (Å²) in [7, 11) is 0. The molecule has 1 unspecified atom stereocenters. The van der Waals surface area contributed by atoms with Crippen LogP contribution in [-0.4, -0.2) is 29.6 Å². The quantitative estimate of drug-likeness (QED) is 0.734. The predicted octanol–water partition coefficient (Wildman–Crippen LogP) is 4.55. The number of fused-ring (bicyclic) bond motifs is 1. The molecule has 0 aromatic heterocycles. The van der Waals surface area contributed by atoms with E-state index in [0.717, 1.165) is 14.9 Å². The number of amides is 1. The molecule has 0 spiro atoms. The van der Waals surface area contributed by atoms with Gasteiger partial charge >= 0.3 is 6.09 Å². The predicted molar refractivity (Wildman–Crippen MR) is 79.5 cm³/mol. The third-order valence-corrected chi connectivity index (χ3v) is 3.74. The highest BCUT2D eigenvalue weighted by atomic mass is 79.9. The Hall–Kier alpha value is -1.17. The van der Waals surface area contributed by atoms with Crippen LogP contribution in [0.1, 0.15) is 37.9 Å². The number of alkyl halides is 2. The lowest BCUT2D eigenvalue weighted by molar-refractivity contribution is -0.0189. The van der Waals surface area contributed by atoms with Crippen molar-refractivity contribution in [2.45, 2.75) is 45.3 Å². The van der Waals surface area contributed by atoms with Gasteiger partial charge in [-0.15, -0.1) is 0 Å². The SMILES string of the molecule is CC(C)(C)OC(=O)N1CCc2cc(Br)ccc2C1C(F)F. The van der Waals surface area contributed by atoms with E-state index >= 15 is 0 Å². The van der Waals surface area contributed by atoms with Crippen LogP contribution in [-0.2, 0) is 11.2 Å². The van der Waals surface area contributed by atoms with Crippen molar-refractivity contribution < 1.29 is 18.3 Å². The summed E-state index contributed by atoms with van der Waals surface area (Å²) in [5.74, 6) is 0. The lowest BCUT2D eigenvalue weighted by Crippen LogP contribution is -2.45. The van der Waals surface area contributed by atoms with E-state index in [9.17, 15) is 13.6 Å². The normalized spacial score (nSPS) is 18.6. The van der Waals surface area contributed by atoms with Crippen molar-refractivity contribution in [1.29, 1.82) is 0 Å². The standard InChI is InChI=1S/C15H18BrF2NO2/c1-15(2,3)21-14(20)19-7-6-9-8-10(16)4-5-11(9)12(19)13(17)18/h4-5,8,12-13H,6-7H2,1-3H3. The second kappa shape index (κ2) is 5.91. The third kappa shape index (κ3) is 3.73. The van der Waals surface area contributed by atoms with Gasteiger partial charge in [0.15, 0.2) is 0 Å². The average Bonchev–Trinajstić information content (AvgIpc) is 2.34. The summed E-state index contributed by atoms with van der Waals surface area (Å²) in [4.78, 5) is 13.3. The summed E-state index contributed by atoms with van der Waals surface area (Å²) in [5, 5.41) is 0. The Morgan fingerprint density at radius 1 is 1.43 bits per heavy atom. The van der Waals surface area contributed by atoms with E-state index in [1.165, 1.54) is 0 Å². The van der Waals surface area contributed by atoms with Gasteiger partial charge in [0.1, 0.15) is 11.6 Å². The highest BCUT2D eigenvalue weighted by Gasteiger charge is 2.38. The number of nitrogens with zero attached hydrogens (tertiary/aromatic N) is 1. The second-order valence-electron chi connectivity index (χ2n) is 6.05. The molecule has 0 N–H and O–H groups in total. The molecule has 1 amide bonds.